The van der Waals surface area contributed by atoms with Gasteiger partial charge in [-0.25, -0.2) is 9.48 Å². The van der Waals surface area contributed by atoms with Gasteiger partial charge in [-0.3, -0.25) is 9.59 Å². The highest BCUT2D eigenvalue weighted by Gasteiger charge is 2.53. The number of hydrogen-bond donors (Lipinski definition) is 0. The molecule has 0 bridgehead atoms. The lowest BCUT2D eigenvalue weighted by atomic mass is 9.97. The molecule has 38 heavy (non-hydrogen) atoms. The molecular formula is C25H27N3O10. The van der Waals surface area contributed by atoms with Crippen molar-refractivity contribution >= 4 is 22.9 Å². The number of esters is 2. The van der Waals surface area contributed by atoms with Crippen LogP contribution in [0.1, 0.15) is 32.0 Å². The summed E-state index contributed by atoms with van der Waals surface area (Å²) in [5.41, 5.74) is 0.875. The molecule has 0 N–H and O–H groups in total. The molecule has 2 fully saturated rings. The average Bonchev–Trinajstić information content (AvgIpc) is 3.32. The Morgan fingerprint density at radius 3 is 2.66 bits per heavy atom. The number of rotatable bonds is 7. The highest BCUT2D eigenvalue weighted by molar-refractivity contribution is 5.76. The van der Waals surface area contributed by atoms with Gasteiger partial charge in [0.25, 0.3) is 0 Å². The Kier molecular flexibility index (Phi) is 7.51. The highest BCUT2D eigenvalue weighted by Crippen LogP contribution is 2.33. The number of para-hydroxylation sites is 1. The van der Waals surface area contributed by atoms with Crippen molar-refractivity contribution in [1.29, 1.82) is 0 Å². The minimum atomic E-state index is -1.11. The third-order valence-electron chi connectivity index (χ3n) is 6.07. The summed E-state index contributed by atoms with van der Waals surface area (Å²) in [5, 5.41) is 8.95. The number of carbonyl (C=O) groups is 2. The van der Waals surface area contributed by atoms with Gasteiger partial charge in [0.2, 0.25) is 0 Å². The summed E-state index contributed by atoms with van der Waals surface area (Å²) >= 11 is 0. The molecule has 1 aromatic carbocycles. The smallest absolute Gasteiger partial charge is 0.341 e. The second-order valence-corrected chi connectivity index (χ2v) is 9.01. The summed E-state index contributed by atoms with van der Waals surface area (Å²) < 4.78 is 41.0. The molecule has 0 saturated carbocycles. The Bertz CT molecular complexity index is 1370. The quantitative estimate of drug-likeness (QED) is 0.320. The monoisotopic (exact) mass is 529 g/mol. The first-order valence-corrected chi connectivity index (χ1v) is 12.1. The number of ether oxygens (including phenoxy) is 6. The molecule has 0 amide bonds. The van der Waals surface area contributed by atoms with Crippen LogP contribution in [0.5, 0.6) is 0 Å². The molecule has 2 saturated heterocycles. The van der Waals surface area contributed by atoms with Gasteiger partial charge in [-0.2, -0.15) is 0 Å². The molecule has 13 nitrogen and oxygen atoms in total. The third kappa shape index (κ3) is 5.75. The van der Waals surface area contributed by atoms with Crippen molar-refractivity contribution in [3.8, 4) is 0 Å². The lowest BCUT2D eigenvalue weighted by molar-refractivity contribution is -0.358. The summed E-state index contributed by atoms with van der Waals surface area (Å²) in [6.07, 6.45) is -3.48. The zero-order chi connectivity index (χ0) is 26.8. The maximum Gasteiger partial charge on any atom is 0.341 e. The lowest BCUT2D eigenvalue weighted by Gasteiger charge is -2.47. The number of aromatic nitrogens is 3. The van der Waals surface area contributed by atoms with Crippen molar-refractivity contribution in [3.63, 3.8) is 0 Å². The van der Waals surface area contributed by atoms with Crippen LogP contribution in [0.25, 0.3) is 11.0 Å². The predicted molar refractivity (Wildman–Crippen MR) is 126 cm³/mol. The van der Waals surface area contributed by atoms with Crippen LogP contribution < -0.4 is 5.63 Å². The van der Waals surface area contributed by atoms with Crippen molar-refractivity contribution in [2.45, 2.75) is 70.9 Å². The number of carbonyl (C=O) groups excluding carboxylic acids is 2. The largest absolute Gasteiger partial charge is 0.455 e. The van der Waals surface area contributed by atoms with Gasteiger partial charge in [0.1, 0.15) is 23.5 Å². The molecular weight excluding hydrogens is 502 g/mol. The molecule has 13 heteroatoms. The Hall–Kier alpha value is -3.65. The zero-order valence-corrected chi connectivity index (χ0v) is 21.0. The van der Waals surface area contributed by atoms with E-state index < -0.39 is 54.6 Å². The second-order valence-electron chi connectivity index (χ2n) is 9.01. The number of hydrogen-bond acceptors (Lipinski definition) is 12. The summed E-state index contributed by atoms with van der Waals surface area (Å²) in [5.74, 6) is -1.18. The van der Waals surface area contributed by atoms with Gasteiger partial charge in [-0.05, 0) is 19.1 Å². The van der Waals surface area contributed by atoms with E-state index in [1.165, 1.54) is 18.5 Å². The van der Waals surface area contributed by atoms with Crippen LogP contribution in [0.2, 0.25) is 0 Å². The SMILES string of the molecule is CC(=O)O[C@@H]1[C@@H](OC(C)=O)[C@H](OCc2cn(Cc3cc4ccccc4oc3=O)nn2)O[C@@H]2COC(C)O[C@@H]12. The standard InChI is InChI=1S/C25H27N3O10/c1-13(29)34-22-21-20(12-32-15(3)36-21)38-25(23(22)35-14(2)30)33-11-18-10-28(27-26-18)9-17-8-16-6-4-5-7-19(16)37-24(17)31/h4-8,10,15,20-23,25H,9,11-12H2,1-3H3/t15?,20-,21-,22+,23-,25-/m1/s1. The fraction of sp³-hybridized carbons (Fsp3) is 0.480. The Balaban J connectivity index is 1.30. The Labute approximate surface area is 216 Å². The molecule has 0 radical (unpaired) electrons. The molecule has 0 aliphatic carbocycles. The van der Waals surface area contributed by atoms with Gasteiger partial charge >= 0.3 is 17.6 Å². The number of fused-ring (bicyclic) bond motifs is 2. The van der Waals surface area contributed by atoms with Crippen molar-refractivity contribution in [2.24, 2.45) is 0 Å². The topological polar surface area (TPSA) is 150 Å². The molecule has 2 aliphatic rings. The van der Waals surface area contributed by atoms with Crippen LogP contribution in [-0.2, 0) is 51.2 Å². The van der Waals surface area contributed by atoms with Crippen molar-refractivity contribution < 1.29 is 42.4 Å². The van der Waals surface area contributed by atoms with Crippen LogP contribution in [0, 0.1) is 0 Å². The summed E-state index contributed by atoms with van der Waals surface area (Å²) in [7, 11) is 0. The predicted octanol–water partition coefficient (Wildman–Crippen LogP) is 1.30. The minimum absolute atomic E-state index is 0.0724. The van der Waals surface area contributed by atoms with E-state index in [0.29, 0.717) is 16.8 Å². The Morgan fingerprint density at radius 2 is 1.87 bits per heavy atom. The molecule has 1 unspecified atom stereocenters. The van der Waals surface area contributed by atoms with Gasteiger partial charge in [0.05, 0.1) is 31.5 Å². The van der Waals surface area contributed by atoms with Crippen LogP contribution in [0.3, 0.4) is 0 Å². The first-order valence-electron chi connectivity index (χ1n) is 12.1. The van der Waals surface area contributed by atoms with Gasteiger partial charge in [-0.1, -0.05) is 23.4 Å². The third-order valence-corrected chi connectivity index (χ3v) is 6.07. The van der Waals surface area contributed by atoms with E-state index in [4.69, 9.17) is 32.8 Å². The van der Waals surface area contributed by atoms with E-state index in [-0.39, 0.29) is 19.8 Å². The first-order chi connectivity index (χ1) is 18.3. The van der Waals surface area contributed by atoms with E-state index in [9.17, 15) is 14.4 Å². The average molecular weight is 530 g/mol. The Morgan fingerprint density at radius 1 is 1.11 bits per heavy atom. The molecule has 0 spiro atoms. The number of benzene rings is 1. The van der Waals surface area contributed by atoms with Crippen molar-refractivity contribution in [2.75, 3.05) is 6.61 Å². The van der Waals surface area contributed by atoms with E-state index in [2.05, 4.69) is 10.3 Å². The molecule has 6 atom stereocenters. The molecule has 2 aromatic heterocycles. The first kappa shape index (κ1) is 26.0. The van der Waals surface area contributed by atoms with E-state index in [1.807, 2.05) is 12.1 Å². The lowest BCUT2D eigenvalue weighted by Crippen LogP contribution is -2.64. The highest BCUT2D eigenvalue weighted by atomic mass is 16.8. The second kappa shape index (κ2) is 11.0. The van der Waals surface area contributed by atoms with Gasteiger partial charge in [0, 0.05) is 19.2 Å². The van der Waals surface area contributed by atoms with E-state index in [0.717, 1.165) is 5.39 Å². The van der Waals surface area contributed by atoms with Crippen LogP contribution in [0.4, 0.5) is 0 Å². The van der Waals surface area contributed by atoms with Crippen LogP contribution >= 0.6 is 0 Å². The number of nitrogens with zero attached hydrogens (tertiary/aromatic N) is 3. The molecule has 3 aromatic rings. The van der Waals surface area contributed by atoms with Crippen molar-refractivity contribution in [3.05, 3.63) is 58.2 Å². The summed E-state index contributed by atoms with van der Waals surface area (Å²) in [6.45, 7) is 4.42. The van der Waals surface area contributed by atoms with Gasteiger partial charge < -0.3 is 32.8 Å². The fourth-order valence-electron chi connectivity index (χ4n) is 4.48. The van der Waals surface area contributed by atoms with Crippen molar-refractivity contribution in [1.82, 2.24) is 15.0 Å². The van der Waals surface area contributed by atoms with Gasteiger partial charge in [-0.15, -0.1) is 5.10 Å². The normalized spacial score (nSPS) is 27.0. The fourth-order valence-corrected chi connectivity index (χ4v) is 4.48. The molecule has 2 aliphatic heterocycles. The van der Waals surface area contributed by atoms with Crippen LogP contribution in [0.15, 0.2) is 45.7 Å². The summed E-state index contributed by atoms with van der Waals surface area (Å²) in [6, 6.07) is 8.97. The maximum absolute atomic E-state index is 12.4. The maximum atomic E-state index is 12.4. The van der Waals surface area contributed by atoms with Gasteiger partial charge in [0.15, 0.2) is 24.8 Å². The van der Waals surface area contributed by atoms with Crippen LogP contribution in [-0.4, -0.2) is 70.5 Å². The molecule has 4 heterocycles. The zero-order valence-electron chi connectivity index (χ0n) is 21.0. The molecule has 202 valence electrons. The molecule has 5 rings (SSSR count). The van der Waals surface area contributed by atoms with E-state index >= 15 is 0 Å². The minimum Gasteiger partial charge on any atom is -0.455 e. The van der Waals surface area contributed by atoms with E-state index in [1.54, 1.807) is 31.3 Å². The summed E-state index contributed by atoms with van der Waals surface area (Å²) in [4.78, 5) is 36.1.